The molecule has 0 aliphatic heterocycles. The van der Waals surface area contributed by atoms with Gasteiger partial charge in [-0.3, -0.25) is 0 Å². The molecule has 3 aliphatic rings. The van der Waals surface area contributed by atoms with Crippen LogP contribution in [0.3, 0.4) is 0 Å². The maximum absolute atomic E-state index is 10.6. The number of hydrogen-bond acceptors (Lipinski definition) is 3. The van der Waals surface area contributed by atoms with Gasteiger partial charge in [0.05, 0.1) is 11.7 Å². The van der Waals surface area contributed by atoms with E-state index in [-0.39, 0.29) is 0 Å². The summed E-state index contributed by atoms with van der Waals surface area (Å²) in [6, 6.07) is 0.587. The zero-order valence-corrected chi connectivity index (χ0v) is 12.3. The molecule has 2 atom stereocenters. The molecule has 0 aromatic rings. The predicted molar refractivity (Wildman–Crippen MR) is 76.1 cm³/mol. The molecule has 0 heterocycles. The average molecular weight is 267 g/mol. The smallest absolute Gasteiger partial charge is 0.0771 e. The Morgan fingerprint density at radius 2 is 1.84 bits per heavy atom. The molecule has 0 saturated heterocycles. The van der Waals surface area contributed by atoms with Crippen LogP contribution in [0.2, 0.25) is 0 Å². The van der Waals surface area contributed by atoms with Gasteiger partial charge in [0.1, 0.15) is 0 Å². The van der Waals surface area contributed by atoms with Crippen LogP contribution in [0, 0.1) is 5.41 Å². The van der Waals surface area contributed by atoms with Gasteiger partial charge in [0, 0.05) is 24.6 Å². The van der Waals surface area contributed by atoms with Crippen LogP contribution in [0.5, 0.6) is 0 Å². The minimum atomic E-state index is -0.431. The van der Waals surface area contributed by atoms with Gasteiger partial charge in [0.2, 0.25) is 0 Å². The van der Waals surface area contributed by atoms with Gasteiger partial charge < -0.3 is 15.2 Å². The highest BCUT2D eigenvalue weighted by Gasteiger charge is 2.58. The van der Waals surface area contributed by atoms with Crippen molar-refractivity contribution >= 4 is 0 Å². The van der Waals surface area contributed by atoms with Crippen molar-refractivity contribution in [2.45, 2.75) is 82.5 Å². The largest absolute Gasteiger partial charge is 0.389 e. The fourth-order valence-corrected chi connectivity index (χ4v) is 4.42. The Morgan fingerprint density at radius 1 is 1.11 bits per heavy atom. The van der Waals surface area contributed by atoms with Crippen molar-refractivity contribution in [3.8, 4) is 0 Å². The second-order valence-corrected chi connectivity index (χ2v) is 6.98. The Labute approximate surface area is 117 Å². The van der Waals surface area contributed by atoms with Gasteiger partial charge in [-0.1, -0.05) is 25.7 Å². The number of hydrogen-bond donors (Lipinski definition) is 2. The van der Waals surface area contributed by atoms with E-state index in [0.717, 1.165) is 32.4 Å². The van der Waals surface area contributed by atoms with Crippen molar-refractivity contribution in [2.75, 3.05) is 13.2 Å². The van der Waals surface area contributed by atoms with Crippen molar-refractivity contribution in [1.82, 2.24) is 5.32 Å². The van der Waals surface area contributed by atoms with Crippen LogP contribution in [0.15, 0.2) is 0 Å². The molecule has 0 radical (unpaired) electrons. The third kappa shape index (κ3) is 2.45. The van der Waals surface area contributed by atoms with Crippen LogP contribution in [0.1, 0.15) is 64.7 Å². The zero-order valence-electron chi connectivity index (χ0n) is 12.3. The third-order valence-electron chi connectivity index (χ3n) is 5.90. The Morgan fingerprint density at radius 3 is 2.42 bits per heavy atom. The van der Waals surface area contributed by atoms with Gasteiger partial charge in [-0.25, -0.2) is 0 Å². The molecule has 3 nitrogen and oxygen atoms in total. The van der Waals surface area contributed by atoms with Crippen molar-refractivity contribution in [2.24, 2.45) is 5.41 Å². The van der Waals surface area contributed by atoms with Crippen LogP contribution < -0.4 is 5.32 Å². The second-order valence-electron chi connectivity index (χ2n) is 6.98. The quantitative estimate of drug-likeness (QED) is 0.804. The summed E-state index contributed by atoms with van der Waals surface area (Å²) in [4.78, 5) is 0. The first-order valence-electron chi connectivity index (χ1n) is 8.26. The Kier molecular flexibility index (Phi) is 3.89. The van der Waals surface area contributed by atoms with E-state index in [2.05, 4.69) is 12.2 Å². The molecule has 3 heteroatoms. The summed E-state index contributed by atoms with van der Waals surface area (Å²) in [5, 5.41) is 14.3. The second kappa shape index (κ2) is 5.34. The molecule has 2 N–H and O–H groups in total. The van der Waals surface area contributed by atoms with Crippen LogP contribution in [0.25, 0.3) is 0 Å². The highest BCUT2D eigenvalue weighted by molar-refractivity contribution is 5.12. The molecule has 1 spiro atoms. The normalized spacial score (nSPS) is 35.7. The molecular formula is C16H29NO2. The predicted octanol–water partition coefficient (Wildman–Crippen LogP) is 2.62. The molecule has 0 aromatic carbocycles. The monoisotopic (exact) mass is 267 g/mol. The Balaban J connectivity index is 1.51. The molecule has 3 fully saturated rings. The topological polar surface area (TPSA) is 41.5 Å². The van der Waals surface area contributed by atoms with Crippen LogP contribution in [-0.2, 0) is 4.74 Å². The molecule has 3 saturated carbocycles. The minimum Gasteiger partial charge on any atom is -0.389 e. The molecule has 0 bridgehead atoms. The van der Waals surface area contributed by atoms with Crippen LogP contribution in [0.4, 0.5) is 0 Å². The molecule has 3 rings (SSSR count). The Bertz CT molecular complexity index is 308. The number of nitrogens with one attached hydrogen (secondary N) is 1. The first kappa shape index (κ1) is 13.8. The van der Waals surface area contributed by atoms with Gasteiger partial charge in [0.15, 0.2) is 0 Å². The molecule has 0 aromatic heterocycles. The lowest BCUT2D eigenvalue weighted by Crippen LogP contribution is -2.68. The van der Waals surface area contributed by atoms with E-state index >= 15 is 0 Å². The minimum absolute atomic E-state index is 0.418. The molecule has 0 amide bonds. The maximum atomic E-state index is 10.6. The summed E-state index contributed by atoms with van der Waals surface area (Å²) in [6.07, 6.45) is 11.2. The summed E-state index contributed by atoms with van der Waals surface area (Å²) in [6.45, 7) is 3.72. The number of aliphatic hydroxyl groups is 1. The van der Waals surface area contributed by atoms with E-state index in [1.165, 1.54) is 38.5 Å². The summed E-state index contributed by atoms with van der Waals surface area (Å²) in [5.74, 6) is 0. The SMILES string of the molecule is CCOC1CC(NCC2(O)CCCCC2)C12CCC2. The van der Waals surface area contributed by atoms with Crippen LogP contribution >= 0.6 is 0 Å². The van der Waals surface area contributed by atoms with Gasteiger partial charge >= 0.3 is 0 Å². The van der Waals surface area contributed by atoms with Crippen molar-refractivity contribution < 1.29 is 9.84 Å². The summed E-state index contributed by atoms with van der Waals surface area (Å²) < 4.78 is 5.88. The Hall–Kier alpha value is -0.120. The molecule has 2 unspecified atom stereocenters. The lowest BCUT2D eigenvalue weighted by atomic mass is 9.51. The lowest BCUT2D eigenvalue weighted by Gasteiger charge is -2.61. The van der Waals surface area contributed by atoms with Gasteiger partial charge in [-0.15, -0.1) is 0 Å². The van der Waals surface area contributed by atoms with Gasteiger partial charge in [-0.05, 0) is 39.0 Å². The highest BCUT2D eigenvalue weighted by atomic mass is 16.5. The zero-order chi connectivity index (χ0) is 13.3. The van der Waals surface area contributed by atoms with Crippen LogP contribution in [-0.4, -0.2) is 36.0 Å². The summed E-state index contributed by atoms with van der Waals surface area (Å²) in [5.41, 5.74) is -0.0130. The third-order valence-corrected chi connectivity index (χ3v) is 5.90. The van der Waals surface area contributed by atoms with E-state index in [1.807, 2.05) is 0 Å². The summed E-state index contributed by atoms with van der Waals surface area (Å²) >= 11 is 0. The summed E-state index contributed by atoms with van der Waals surface area (Å²) in [7, 11) is 0. The molecular weight excluding hydrogens is 238 g/mol. The fraction of sp³-hybridized carbons (Fsp3) is 1.00. The average Bonchev–Trinajstić information content (AvgIpc) is 2.31. The van der Waals surface area contributed by atoms with E-state index in [1.54, 1.807) is 0 Å². The molecule has 3 aliphatic carbocycles. The fourth-order valence-electron chi connectivity index (χ4n) is 4.42. The molecule has 110 valence electrons. The first-order valence-corrected chi connectivity index (χ1v) is 8.26. The number of ether oxygens (including phenoxy) is 1. The standard InChI is InChI=1S/C16H29NO2/c1-2-19-14-11-13(16(14)9-6-10-16)17-12-15(18)7-4-3-5-8-15/h13-14,17-18H,2-12H2,1H3. The number of rotatable bonds is 5. The van der Waals surface area contributed by atoms with Crippen molar-refractivity contribution in [3.05, 3.63) is 0 Å². The van der Waals surface area contributed by atoms with Gasteiger partial charge in [-0.2, -0.15) is 0 Å². The van der Waals surface area contributed by atoms with E-state index in [0.29, 0.717) is 17.6 Å². The van der Waals surface area contributed by atoms with Crippen molar-refractivity contribution in [1.29, 1.82) is 0 Å². The maximum Gasteiger partial charge on any atom is 0.0771 e. The van der Waals surface area contributed by atoms with Gasteiger partial charge in [0.25, 0.3) is 0 Å². The highest BCUT2D eigenvalue weighted by Crippen LogP contribution is 2.57. The lowest BCUT2D eigenvalue weighted by molar-refractivity contribution is -0.175. The van der Waals surface area contributed by atoms with E-state index in [4.69, 9.17) is 4.74 Å². The first-order chi connectivity index (χ1) is 9.19. The van der Waals surface area contributed by atoms with E-state index in [9.17, 15) is 5.11 Å². The van der Waals surface area contributed by atoms with Crippen molar-refractivity contribution in [3.63, 3.8) is 0 Å². The van der Waals surface area contributed by atoms with E-state index < -0.39 is 5.60 Å². The molecule has 19 heavy (non-hydrogen) atoms.